The molecule has 1 aromatic carbocycles. The molecular weight excluding hydrogens is 359 g/mol. The van der Waals surface area contributed by atoms with Gasteiger partial charge in [0, 0.05) is 6.61 Å². The fraction of sp³-hybridized carbons (Fsp3) is 0.500. The molecule has 4 nitrogen and oxygen atoms in total. The SMILES string of the molecule is CCOC(C)Oc1ccc(OC(=O)C(I)CC)cc1. The third-order valence-corrected chi connectivity index (χ3v) is 3.75. The Bertz CT molecular complexity index is 391. The van der Waals surface area contributed by atoms with E-state index in [2.05, 4.69) is 22.6 Å². The number of ether oxygens (including phenoxy) is 3. The highest BCUT2D eigenvalue weighted by molar-refractivity contribution is 14.1. The standard InChI is InChI=1S/C14H19IO4/c1-4-13(15)14(16)19-12-8-6-11(7-9-12)18-10(3)17-5-2/h6-10,13H,4-5H2,1-3H3. The van der Waals surface area contributed by atoms with Gasteiger partial charge >= 0.3 is 5.97 Å². The van der Waals surface area contributed by atoms with Crippen molar-refractivity contribution in [3.8, 4) is 11.5 Å². The van der Waals surface area contributed by atoms with E-state index in [1.165, 1.54) is 0 Å². The number of alkyl halides is 1. The summed E-state index contributed by atoms with van der Waals surface area (Å²) in [6, 6.07) is 6.94. The average molecular weight is 378 g/mol. The summed E-state index contributed by atoms with van der Waals surface area (Å²) in [7, 11) is 0. The minimum Gasteiger partial charge on any atom is -0.465 e. The normalized spacial score (nSPS) is 13.7. The summed E-state index contributed by atoms with van der Waals surface area (Å²) in [5.74, 6) is 0.984. The fourth-order valence-electron chi connectivity index (χ4n) is 1.39. The maximum atomic E-state index is 11.6. The molecule has 2 atom stereocenters. The minimum absolute atomic E-state index is 0.119. The van der Waals surface area contributed by atoms with Crippen molar-refractivity contribution >= 4 is 28.6 Å². The second kappa shape index (κ2) is 8.37. The van der Waals surface area contributed by atoms with E-state index in [1.54, 1.807) is 24.3 Å². The zero-order valence-corrected chi connectivity index (χ0v) is 13.5. The highest BCUT2D eigenvalue weighted by Crippen LogP contribution is 2.20. The fourth-order valence-corrected chi connectivity index (χ4v) is 1.52. The van der Waals surface area contributed by atoms with Crippen LogP contribution in [-0.4, -0.2) is 22.8 Å². The second-order valence-corrected chi connectivity index (χ2v) is 5.41. The van der Waals surface area contributed by atoms with Gasteiger partial charge in [-0.1, -0.05) is 29.5 Å². The first-order valence-electron chi connectivity index (χ1n) is 6.30. The largest absolute Gasteiger partial charge is 0.465 e. The maximum absolute atomic E-state index is 11.6. The number of esters is 1. The molecule has 19 heavy (non-hydrogen) atoms. The number of hydrogen-bond acceptors (Lipinski definition) is 4. The molecule has 0 spiro atoms. The van der Waals surface area contributed by atoms with Gasteiger partial charge in [0.05, 0.1) is 0 Å². The Kier molecular flexibility index (Phi) is 7.15. The van der Waals surface area contributed by atoms with Crippen LogP contribution in [0.2, 0.25) is 0 Å². The molecule has 0 fully saturated rings. The lowest BCUT2D eigenvalue weighted by molar-refractivity contribution is -0.133. The second-order valence-electron chi connectivity index (χ2n) is 3.91. The van der Waals surface area contributed by atoms with Crippen LogP contribution < -0.4 is 9.47 Å². The molecule has 0 N–H and O–H groups in total. The van der Waals surface area contributed by atoms with E-state index < -0.39 is 0 Å². The molecule has 0 saturated heterocycles. The van der Waals surface area contributed by atoms with Crippen molar-refractivity contribution in [3.05, 3.63) is 24.3 Å². The van der Waals surface area contributed by atoms with Gasteiger partial charge in [-0.05, 0) is 44.5 Å². The van der Waals surface area contributed by atoms with E-state index in [1.807, 2.05) is 20.8 Å². The van der Waals surface area contributed by atoms with E-state index in [0.717, 1.165) is 6.42 Å². The van der Waals surface area contributed by atoms with E-state index in [9.17, 15) is 4.79 Å². The van der Waals surface area contributed by atoms with Crippen LogP contribution in [0.15, 0.2) is 24.3 Å². The van der Waals surface area contributed by atoms with Crippen molar-refractivity contribution in [1.29, 1.82) is 0 Å². The van der Waals surface area contributed by atoms with Crippen LogP contribution in [-0.2, 0) is 9.53 Å². The number of benzene rings is 1. The summed E-state index contributed by atoms with van der Waals surface area (Å²) >= 11 is 2.07. The van der Waals surface area contributed by atoms with Gasteiger partial charge in [0.25, 0.3) is 0 Å². The molecule has 0 aliphatic heterocycles. The predicted molar refractivity (Wildman–Crippen MR) is 81.9 cm³/mol. The van der Waals surface area contributed by atoms with Crippen molar-refractivity contribution in [3.63, 3.8) is 0 Å². The summed E-state index contributed by atoms with van der Waals surface area (Å²) in [5.41, 5.74) is 0. The molecule has 2 unspecified atom stereocenters. The van der Waals surface area contributed by atoms with Crippen LogP contribution in [0.3, 0.4) is 0 Å². The van der Waals surface area contributed by atoms with Crippen molar-refractivity contribution in [1.82, 2.24) is 0 Å². The van der Waals surface area contributed by atoms with Gasteiger partial charge in [-0.3, -0.25) is 4.79 Å². The number of carbonyl (C=O) groups is 1. The predicted octanol–water partition coefficient (Wildman–Crippen LogP) is 3.57. The first-order chi connectivity index (χ1) is 9.06. The summed E-state index contributed by atoms with van der Waals surface area (Å²) in [5, 5.41) is 0. The summed E-state index contributed by atoms with van der Waals surface area (Å²) in [6.45, 7) is 6.30. The molecule has 0 aromatic heterocycles. The first-order valence-corrected chi connectivity index (χ1v) is 7.55. The summed E-state index contributed by atoms with van der Waals surface area (Å²) in [6.07, 6.45) is 0.462. The number of hydrogen-bond donors (Lipinski definition) is 0. The molecule has 1 rings (SSSR count). The van der Waals surface area contributed by atoms with Gasteiger partial charge in [0.2, 0.25) is 0 Å². The first kappa shape index (κ1) is 16.2. The van der Waals surface area contributed by atoms with Crippen LogP contribution in [0.4, 0.5) is 0 Å². The van der Waals surface area contributed by atoms with Gasteiger partial charge in [-0.25, -0.2) is 0 Å². The Morgan fingerprint density at radius 3 is 2.32 bits per heavy atom. The van der Waals surface area contributed by atoms with Crippen LogP contribution in [0.5, 0.6) is 11.5 Å². The highest BCUT2D eigenvalue weighted by atomic mass is 127. The van der Waals surface area contributed by atoms with Gasteiger partial charge in [-0.2, -0.15) is 0 Å². The van der Waals surface area contributed by atoms with Crippen LogP contribution in [0.25, 0.3) is 0 Å². The molecule has 1 aromatic rings. The third kappa shape index (κ3) is 5.78. The van der Waals surface area contributed by atoms with Crippen LogP contribution in [0.1, 0.15) is 27.2 Å². The lowest BCUT2D eigenvalue weighted by Crippen LogP contribution is -2.19. The van der Waals surface area contributed by atoms with Crippen molar-refractivity contribution in [2.75, 3.05) is 6.61 Å². The van der Waals surface area contributed by atoms with E-state index >= 15 is 0 Å². The van der Waals surface area contributed by atoms with Gasteiger partial charge in [-0.15, -0.1) is 0 Å². The molecule has 0 bridgehead atoms. The molecule has 0 aliphatic rings. The third-order valence-electron chi connectivity index (χ3n) is 2.36. The Morgan fingerprint density at radius 1 is 1.21 bits per heavy atom. The maximum Gasteiger partial charge on any atom is 0.324 e. The molecule has 0 heterocycles. The molecule has 0 aliphatic carbocycles. The van der Waals surface area contributed by atoms with E-state index in [-0.39, 0.29) is 16.2 Å². The number of carbonyl (C=O) groups excluding carboxylic acids is 1. The van der Waals surface area contributed by atoms with Crippen molar-refractivity contribution < 1.29 is 19.0 Å². The Balaban J connectivity index is 2.54. The Hall–Kier alpha value is -0.820. The number of rotatable bonds is 7. The smallest absolute Gasteiger partial charge is 0.324 e. The molecule has 0 radical (unpaired) electrons. The topological polar surface area (TPSA) is 44.8 Å². The molecule has 0 amide bonds. The van der Waals surface area contributed by atoms with Crippen molar-refractivity contribution in [2.24, 2.45) is 0 Å². The summed E-state index contributed by atoms with van der Waals surface area (Å²) < 4.78 is 15.9. The minimum atomic E-state index is -0.294. The molecule has 0 saturated carbocycles. The van der Waals surface area contributed by atoms with Crippen LogP contribution >= 0.6 is 22.6 Å². The molecule has 5 heteroatoms. The van der Waals surface area contributed by atoms with Gasteiger partial charge in [0.15, 0.2) is 6.29 Å². The highest BCUT2D eigenvalue weighted by Gasteiger charge is 2.14. The van der Waals surface area contributed by atoms with Crippen LogP contribution in [0, 0.1) is 0 Å². The average Bonchev–Trinajstić information content (AvgIpc) is 2.40. The molecule has 106 valence electrons. The summed E-state index contributed by atoms with van der Waals surface area (Å²) in [4.78, 5) is 11.6. The molecular formula is C14H19IO4. The Morgan fingerprint density at radius 2 is 1.79 bits per heavy atom. The zero-order valence-electron chi connectivity index (χ0n) is 11.4. The quantitative estimate of drug-likeness (QED) is 0.239. The van der Waals surface area contributed by atoms with Gasteiger partial charge < -0.3 is 14.2 Å². The van der Waals surface area contributed by atoms with E-state index in [0.29, 0.717) is 18.1 Å². The van der Waals surface area contributed by atoms with Gasteiger partial charge in [0.1, 0.15) is 15.4 Å². The zero-order chi connectivity index (χ0) is 14.3. The number of halogens is 1. The lowest BCUT2D eigenvalue weighted by atomic mass is 10.3. The monoisotopic (exact) mass is 378 g/mol. The lowest BCUT2D eigenvalue weighted by Gasteiger charge is -2.14. The van der Waals surface area contributed by atoms with Crippen molar-refractivity contribution in [2.45, 2.75) is 37.4 Å². The van der Waals surface area contributed by atoms with E-state index in [4.69, 9.17) is 14.2 Å². The Labute approximate surface area is 127 Å².